The Morgan fingerprint density at radius 1 is 1.25 bits per heavy atom. The molecule has 1 aromatic carbocycles. The van der Waals surface area contributed by atoms with Gasteiger partial charge in [0.2, 0.25) is 0 Å². The van der Waals surface area contributed by atoms with E-state index < -0.39 is 0 Å². The molecule has 0 radical (unpaired) electrons. The van der Waals surface area contributed by atoms with E-state index in [9.17, 15) is 0 Å². The van der Waals surface area contributed by atoms with Crippen LogP contribution in [-0.4, -0.2) is 0 Å². The number of rotatable bonds is 3. The van der Waals surface area contributed by atoms with E-state index in [4.69, 9.17) is 17.3 Å². The molecular formula is C12H13Cl2NS. The third-order valence-electron chi connectivity index (χ3n) is 2.26. The molecular weight excluding hydrogens is 261 g/mol. The summed E-state index contributed by atoms with van der Waals surface area (Å²) < 4.78 is 0. The zero-order chi connectivity index (χ0) is 10.7. The lowest BCUT2D eigenvalue weighted by molar-refractivity contribution is 1.10. The molecule has 0 saturated heterocycles. The van der Waals surface area contributed by atoms with E-state index in [1.165, 1.54) is 16.0 Å². The largest absolute Gasteiger partial charge is 0.326 e. The fraction of sp³-hybridized carbons (Fsp3) is 0.167. The first-order chi connectivity index (χ1) is 7.29. The number of halogens is 2. The topological polar surface area (TPSA) is 26.0 Å². The highest BCUT2D eigenvalue weighted by molar-refractivity contribution is 7.10. The van der Waals surface area contributed by atoms with E-state index in [1.807, 2.05) is 18.2 Å². The maximum Gasteiger partial charge on any atom is 0.0441 e. The number of hydrogen-bond donors (Lipinski definition) is 1. The molecule has 2 aromatic rings. The maximum absolute atomic E-state index is 6.09. The highest BCUT2D eigenvalue weighted by Gasteiger charge is 2.02. The Morgan fingerprint density at radius 3 is 2.62 bits per heavy atom. The molecule has 16 heavy (non-hydrogen) atoms. The van der Waals surface area contributed by atoms with Crippen LogP contribution < -0.4 is 5.73 Å². The van der Waals surface area contributed by atoms with Gasteiger partial charge in [0.25, 0.3) is 0 Å². The van der Waals surface area contributed by atoms with Crippen molar-refractivity contribution in [3.05, 3.63) is 56.7 Å². The van der Waals surface area contributed by atoms with Crippen molar-refractivity contribution in [1.29, 1.82) is 0 Å². The molecule has 0 fully saturated rings. The van der Waals surface area contributed by atoms with Crippen molar-refractivity contribution in [2.75, 3.05) is 0 Å². The average molecular weight is 274 g/mol. The molecule has 1 aromatic heterocycles. The standard InChI is InChI=1S/C12H12ClNS.ClH/c13-12-4-2-1-3-10(12)5-9-6-11(7-14)15-8-9;/h1-4,6,8H,5,7,14H2;1H. The number of nitrogens with two attached hydrogens (primary N) is 1. The van der Waals surface area contributed by atoms with Gasteiger partial charge in [0.05, 0.1) is 0 Å². The van der Waals surface area contributed by atoms with Crippen LogP contribution >= 0.6 is 35.3 Å². The minimum absolute atomic E-state index is 0. The number of benzene rings is 1. The van der Waals surface area contributed by atoms with Gasteiger partial charge < -0.3 is 5.73 Å². The Hall–Kier alpha value is -0.540. The van der Waals surface area contributed by atoms with E-state index in [0.717, 1.165) is 11.4 Å². The smallest absolute Gasteiger partial charge is 0.0441 e. The first kappa shape index (κ1) is 13.5. The highest BCUT2D eigenvalue weighted by Crippen LogP contribution is 2.22. The lowest BCUT2D eigenvalue weighted by atomic mass is 10.1. The van der Waals surface area contributed by atoms with Crippen LogP contribution in [0.15, 0.2) is 35.7 Å². The Bertz CT molecular complexity index is 454. The van der Waals surface area contributed by atoms with Crippen molar-refractivity contribution in [2.45, 2.75) is 13.0 Å². The molecule has 0 unspecified atom stereocenters. The van der Waals surface area contributed by atoms with E-state index in [-0.39, 0.29) is 12.4 Å². The summed E-state index contributed by atoms with van der Waals surface area (Å²) in [6, 6.07) is 10.1. The first-order valence-corrected chi connectivity index (χ1v) is 6.05. The Kier molecular flexibility index (Phi) is 5.29. The third-order valence-corrected chi connectivity index (χ3v) is 3.64. The molecule has 0 amide bonds. The van der Waals surface area contributed by atoms with Crippen molar-refractivity contribution >= 4 is 35.3 Å². The SMILES string of the molecule is Cl.NCc1cc(Cc2ccccc2Cl)cs1. The lowest BCUT2D eigenvalue weighted by Gasteiger charge is -2.01. The molecule has 0 spiro atoms. The predicted molar refractivity (Wildman–Crippen MR) is 73.7 cm³/mol. The van der Waals surface area contributed by atoms with E-state index in [1.54, 1.807) is 11.3 Å². The van der Waals surface area contributed by atoms with Gasteiger partial charge >= 0.3 is 0 Å². The minimum atomic E-state index is 0. The van der Waals surface area contributed by atoms with Gasteiger partial charge in [0.1, 0.15) is 0 Å². The molecule has 1 heterocycles. The molecule has 2 N–H and O–H groups in total. The fourth-order valence-corrected chi connectivity index (χ4v) is 2.46. The average Bonchev–Trinajstić information content (AvgIpc) is 2.69. The molecule has 86 valence electrons. The Morgan fingerprint density at radius 2 is 2.00 bits per heavy atom. The van der Waals surface area contributed by atoms with Crippen LogP contribution in [0.2, 0.25) is 5.02 Å². The van der Waals surface area contributed by atoms with Gasteiger partial charge in [-0.2, -0.15) is 0 Å². The van der Waals surface area contributed by atoms with Crippen LogP contribution in [0, 0.1) is 0 Å². The summed E-state index contributed by atoms with van der Waals surface area (Å²) in [6.45, 7) is 0.618. The summed E-state index contributed by atoms with van der Waals surface area (Å²) in [7, 11) is 0. The normalized spacial score (nSPS) is 9.88. The van der Waals surface area contributed by atoms with Gasteiger partial charge in [-0.05, 0) is 35.1 Å². The Balaban J connectivity index is 0.00000128. The van der Waals surface area contributed by atoms with Crippen molar-refractivity contribution in [2.24, 2.45) is 5.73 Å². The van der Waals surface area contributed by atoms with Crippen molar-refractivity contribution in [3.8, 4) is 0 Å². The van der Waals surface area contributed by atoms with Crippen LogP contribution in [0.25, 0.3) is 0 Å². The van der Waals surface area contributed by atoms with Crippen molar-refractivity contribution < 1.29 is 0 Å². The van der Waals surface area contributed by atoms with E-state index in [0.29, 0.717) is 6.54 Å². The molecule has 2 rings (SSSR count). The summed E-state index contributed by atoms with van der Waals surface area (Å²) >= 11 is 7.80. The molecule has 0 saturated carbocycles. The second kappa shape index (κ2) is 6.26. The Labute approximate surface area is 111 Å². The summed E-state index contributed by atoms with van der Waals surface area (Å²) in [5, 5.41) is 2.98. The monoisotopic (exact) mass is 273 g/mol. The van der Waals surface area contributed by atoms with Gasteiger partial charge in [0, 0.05) is 16.4 Å². The molecule has 0 bridgehead atoms. The predicted octanol–water partition coefficient (Wildman–Crippen LogP) is 3.87. The first-order valence-electron chi connectivity index (χ1n) is 4.79. The van der Waals surface area contributed by atoms with Gasteiger partial charge in [-0.1, -0.05) is 29.8 Å². The maximum atomic E-state index is 6.09. The van der Waals surface area contributed by atoms with Crippen LogP contribution in [0.1, 0.15) is 16.0 Å². The summed E-state index contributed by atoms with van der Waals surface area (Å²) in [4.78, 5) is 1.22. The van der Waals surface area contributed by atoms with E-state index >= 15 is 0 Å². The van der Waals surface area contributed by atoms with Gasteiger partial charge in [-0.25, -0.2) is 0 Å². The summed E-state index contributed by atoms with van der Waals surface area (Å²) in [5.41, 5.74) is 8.02. The fourth-order valence-electron chi connectivity index (χ4n) is 1.49. The minimum Gasteiger partial charge on any atom is -0.326 e. The number of thiophene rings is 1. The second-order valence-electron chi connectivity index (χ2n) is 3.39. The molecule has 4 heteroatoms. The number of hydrogen-bond acceptors (Lipinski definition) is 2. The van der Waals surface area contributed by atoms with Crippen LogP contribution in [0.3, 0.4) is 0 Å². The molecule has 0 aliphatic carbocycles. The summed E-state index contributed by atoms with van der Waals surface area (Å²) in [6.07, 6.45) is 0.885. The van der Waals surface area contributed by atoms with Crippen LogP contribution in [-0.2, 0) is 13.0 Å². The van der Waals surface area contributed by atoms with Gasteiger partial charge in [0.15, 0.2) is 0 Å². The molecule has 1 nitrogen and oxygen atoms in total. The molecule has 0 aliphatic heterocycles. The van der Waals surface area contributed by atoms with Gasteiger partial charge in [-0.3, -0.25) is 0 Å². The zero-order valence-corrected chi connectivity index (χ0v) is 11.0. The lowest BCUT2D eigenvalue weighted by Crippen LogP contribution is -1.92. The molecule has 0 aliphatic rings. The second-order valence-corrected chi connectivity index (χ2v) is 4.80. The molecule has 0 atom stereocenters. The quantitative estimate of drug-likeness (QED) is 0.903. The van der Waals surface area contributed by atoms with Crippen molar-refractivity contribution in [1.82, 2.24) is 0 Å². The van der Waals surface area contributed by atoms with Crippen LogP contribution in [0.5, 0.6) is 0 Å². The summed E-state index contributed by atoms with van der Waals surface area (Å²) in [5.74, 6) is 0. The zero-order valence-electron chi connectivity index (χ0n) is 8.65. The van der Waals surface area contributed by atoms with E-state index in [2.05, 4.69) is 17.5 Å². The van der Waals surface area contributed by atoms with Crippen molar-refractivity contribution in [3.63, 3.8) is 0 Å². The van der Waals surface area contributed by atoms with Gasteiger partial charge in [-0.15, -0.1) is 23.7 Å². The van der Waals surface area contributed by atoms with Crippen LogP contribution in [0.4, 0.5) is 0 Å². The third kappa shape index (κ3) is 3.22. The highest BCUT2D eigenvalue weighted by atomic mass is 35.5.